The van der Waals surface area contributed by atoms with Crippen molar-refractivity contribution in [3.63, 3.8) is 0 Å². The second-order valence-electron chi connectivity index (χ2n) is 4.63. The number of aliphatic hydroxyl groups is 1. The standard InChI is InChI=1S/C13H19N5O2/c1-4-5-6-20-12-10-11(17-13(14)18-12)15-7(2)9(16-10)8(3)19/h8,19H,4-6H2,1-3H3,(H2,14,15,17,18). The van der Waals surface area contributed by atoms with Crippen molar-refractivity contribution in [1.82, 2.24) is 19.9 Å². The molecule has 7 heteroatoms. The fourth-order valence-electron chi connectivity index (χ4n) is 1.84. The van der Waals surface area contributed by atoms with Crippen molar-refractivity contribution < 1.29 is 9.84 Å². The second-order valence-corrected chi connectivity index (χ2v) is 4.63. The lowest BCUT2D eigenvalue weighted by Crippen LogP contribution is -2.08. The largest absolute Gasteiger partial charge is 0.476 e. The van der Waals surface area contributed by atoms with Crippen molar-refractivity contribution in [3.8, 4) is 5.88 Å². The van der Waals surface area contributed by atoms with Crippen LogP contribution in [0.1, 0.15) is 44.2 Å². The first-order chi connectivity index (χ1) is 9.52. The molecule has 7 nitrogen and oxygen atoms in total. The summed E-state index contributed by atoms with van der Waals surface area (Å²) in [7, 11) is 0. The van der Waals surface area contributed by atoms with Crippen molar-refractivity contribution in [2.24, 2.45) is 0 Å². The molecule has 0 spiro atoms. The van der Waals surface area contributed by atoms with Gasteiger partial charge >= 0.3 is 0 Å². The molecule has 0 aliphatic heterocycles. The average Bonchev–Trinajstić information content (AvgIpc) is 2.37. The number of hydrogen-bond donors (Lipinski definition) is 2. The zero-order valence-electron chi connectivity index (χ0n) is 11.9. The maximum atomic E-state index is 9.71. The third-order valence-corrected chi connectivity index (χ3v) is 2.86. The average molecular weight is 277 g/mol. The highest BCUT2D eigenvalue weighted by Gasteiger charge is 2.16. The highest BCUT2D eigenvalue weighted by atomic mass is 16.5. The van der Waals surface area contributed by atoms with Gasteiger partial charge in [-0.05, 0) is 20.3 Å². The Kier molecular flexibility index (Phi) is 4.29. The van der Waals surface area contributed by atoms with E-state index in [1.165, 1.54) is 0 Å². The molecule has 0 saturated carbocycles. The third-order valence-electron chi connectivity index (χ3n) is 2.86. The topological polar surface area (TPSA) is 107 Å². The van der Waals surface area contributed by atoms with E-state index in [0.717, 1.165) is 12.8 Å². The molecule has 3 N–H and O–H groups in total. The molecular weight excluding hydrogens is 258 g/mol. The van der Waals surface area contributed by atoms with E-state index in [-0.39, 0.29) is 5.95 Å². The molecule has 0 bridgehead atoms. The quantitative estimate of drug-likeness (QED) is 0.798. The molecule has 0 saturated heterocycles. The molecule has 0 fully saturated rings. The van der Waals surface area contributed by atoms with Gasteiger partial charge in [0.25, 0.3) is 0 Å². The number of rotatable bonds is 5. The molecule has 2 heterocycles. The Morgan fingerprint density at radius 2 is 2.00 bits per heavy atom. The van der Waals surface area contributed by atoms with E-state index in [1.54, 1.807) is 13.8 Å². The summed E-state index contributed by atoms with van der Waals surface area (Å²) in [5.74, 6) is 0.415. The number of nitrogens with zero attached hydrogens (tertiary/aromatic N) is 4. The summed E-state index contributed by atoms with van der Waals surface area (Å²) in [6.45, 7) is 6.01. The molecule has 0 radical (unpaired) electrons. The van der Waals surface area contributed by atoms with Gasteiger partial charge in [0.2, 0.25) is 11.8 Å². The Labute approximate surface area is 117 Å². The van der Waals surface area contributed by atoms with Gasteiger partial charge in [0.05, 0.1) is 24.1 Å². The van der Waals surface area contributed by atoms with Gasteiger partial charge in [-0.2, -0.15) is 9.97 Å². The van der Waals surface area contributed by atoms with Crippen LogP contribution in [0.5, 0.6) is 5.88 Å². The van der Waals surface area contributed by atoms with E-state index in [0.29, 0.717) is 35.0 Å². The monoisotopic (exact) mass is 277 g/mol. The summed E-state index contributed by atoms with van der Waals surface area (Å²) < 4.78 is 5.60. The molecule has 0 aromatic carbocycles. The van der Waals surface area contributed by atoms with Gasteiger partial charge in [-0.3, -0.25) is 0 Å². The van der Waals surface area contributed by atoms with Crippen LogP contribution in [-0.4, -0.2) is 31.6 Å². The predicted octanol–water partition coefficient (Wildman–Crippen LogP) is 1.54. The molecule has 0 aliphatic rings. The minimum absolute atomic E-state index is 0.0995. The lowest BCUT2D eigenvalue weighted by molar-refractivity contribution is 0.193. The van der Waals surface area contributed by atoms with E-state index < -0.39 is 6.10 Å². The Bertz CT molecular complexity index is 615. The molecule has 1 atom stereocenters. The first-order valence-corrected chi connectivity index (χ1v) is 6.65. The fraction of sp³-hybridized carbons (Fsp3) is 0.538. The number of fused-ring (bicyclic) bond motifs is 1. The predicted molar refractivity (Wildman–Crippen MR) is 75.3 cm³/mol. The van der Waals surface area contributed by atoms with Crippen LogP contribution >= 0.6 is 0 Å². The Morgan fingerprint density at radius 1 is 1.25 bits per heavy atom. The van der Waals surface area contributed by atoms with Crippen molar-refractivity contribution in [1.29, 1.82) is 0 Å². The molecule has 2 aromatic rings. The summed E-state index contributed by atoms with van der Waals surface area (Å²) >= 11 is 0. The molecule has 2 rings (SSSR count). The van der Waals surface area contributed by atoms with E-state index in [1.807, 2.05) is 0 Å². The molecule has 0 amide bonds. The third kappa shape index (κ3) is 2.93. The minimum atomic E-state index is -0.715. The minimum Gasteiger partial charge on any atom is -0.476 e. The molecular formula is C13H19N5O2. The number of unbranched alkanes of at least 4 members (excludes halogenated alkanes) is 1. The summed E-state index contributed by atoms with van der Waals surface area (Å²) in [5.41, 5.74) is 7.57. The van der Waals surface area contributed by atoms with E-state index in [4.69, 9.17) is 10.5 Å². The van der Waals surface area contributed by atoms with Crippen LogP contribution in [0.2, 0.25) is 0 Å². The summed E-state index contributed by atoms with van der Waals surface area (Å²) in [6.07, 6.45) is 1.21. The fourth-order valence-corrected chi connectivity index (χ4v) is 1.84. The maximum Gasteiger partial charge on any atom is 0.247 e. The number of nitrogen functional groups attached to an aromatic ring is 1. The van der Waals surface area contributed by atoms with Crippen LogP contribution in [0.25, 0.3) is 11.2 Å². The molecule has 108 valence electrons. The summed E-state index contributed by atoms with van der Waals surface area (Å²) in [5, 5.41) is 9.71. The van der Waals surface area contributed by atoms with Crippen LogP contribution in [0.15, 0.2) is 0 Å². The SMILES string of the molecule is CCCCOc1nc(N)nc2nc(C)c(C(C)O)nc12. The number of nitrogens with two attached hydrogens (primary N) is 1. The van der Waals surface area contributed by atoms with Crippen LogP contribution < -0.4 is 10.5 Å². The lowest BCUT2D eigenvalue weighted by Gasteiger charge is -2.11. The number of ether oxygens (including phenoxy) is 1. The number of hydrogen-bond acceptors (Lipinski definition) is 7. The van der Waals surface area contributed by atoms with Gasteiger partial charge in [0.1, 0.15) is 0 Å². The first-order valence-electron chi connectivity index (χ1n) is 6.65. The normalized spacial score (nSPS) is 12.6. The van der Waals surface area contributed by atoms with Gasteiger partial charge in [-0.15, -0.1) is 0 Å². The van der Waals surface area contributed by atoms with Crippen molar-refractivity contribution >= 4 is 17.1 Å². The Hall–Kier alpha value is -2.02. The zero-order chi connectivity index (χ0) is 14.7. The van der Waals surface area contributed by atoms with Gasteiger partial charge in [0, 0.05) is 0 Å². The zero-order valence-corrected chi connectivity index (χ0v) is 11.9. The molecule has 1 unspecified atom stereocenters. The van der Waals surface area contributed by atoms with Gasteiger partial charge in [0.15, 0.2) is 11.2 Å². The van der Waals surface area contributed by atoms with Crippen molar-refractivity contribution in [3.05, 3.63) is 11.4 Å². The van der Waals surface area contributed by atoms with Crippen molar-refractivity contribution in [2.45, 2.75) is 39.7 Å². The number of aromatic nitrogens is 4. The van der Waals surface area contributed by atoms with Gasteiger partial charge in [-0.1, -0.05) is 13.3 Å². The molecule has 20 heavy (non-hydrogen) atoms. The van der Waals surface area contributed by atoms with Crippen LogP contribution in [0.3, 0.4) is 0 Å². The second kappa shape index (κ2) is 5.96. The van der Waals surface area contributed by atoms with E-state index in [2.05, 4.69) is 26.9 Å². The Morgan fingerprint density at radius 3 is 2.65 bits per heavy atom. The van der Waals surface area contributed by atoms with E-state index in [9.17, 15) is 5.11 Å². The lowest BCUT2D eigenvalue weighted by atomic mass is 10.2. The first kappa shape index (κ1) is 14.4. The molecule has 2 aromatic heterocycles. The number of anilines is 1. The highest BCUT2D eigenvalue weighted by molar-refractivity contribution is 5.77. The van der Waals surface area contributed by atoms with E-state index >= 15 is 0 Å². The molecule has 0 aliphatic carbocycles. The van der Waals surface area contributed by atoms with Gasteiger partial charge < -0.3 is 15.6 Å². The number of aryl methyl sites for hydroxylation is 1. The number of aliphatic hydroxyl groups excluding tert-OH is 1. The van der Waals surface area contributed by atoms with Crippen LogP contribution in [0.4, 0.5) is 5.95 Å². The smallest absolute Gasteiger partial charge is 0.247 e. The van der Waals surface area contributed by atoms with Crippen LogP contribution in [-0.2, 0) is 0 Å². The highest BCUT2D eigenvalue weighted by Crippen LogP contribution is 2.24. The maximum absolute atomic E-state index is 9.71. The summed E-state index contributed by atoms with van der Waals surface area (Å²) in [4.78, 5) is 16.8. The van der Waals surface area contributed by atoms with Crippen molar-refractivity contribution in [2.75, 3.05) is 12.3 Å². The van der Waals surface area contributed by atoms with Crippen LogP contribution in [0, 0.1) is 6.92 Å². The Balaban J connectivity index is 2.51. The summed E-state index contributed by atoms with van der Waals surface area (Å²) in [6, 6.07) is 0. The van der Waals surface area contributed by atoms with Gasteiger partial charge in [-0.25, -0.2) is 9.97 Å².